The maximum Gasteiger partial charge on any atom is 0.281 e. The van der Waals surface area contributed by atoms with Crippen molar-refractivity contribution >= 4 is 38.8 Å². The molecule has 0 saturated heterocycles. The zero-order valence-corrected chi connectivity index (χ0v) is 18.6. The fraction of sp³-hybridized carbons (Fsp3) is 0.217. The second-order valence-electron chi connectivity index (χ2n) is 6.46. The summed E-state index contributed by atoms with van der Waals surface area (Å²) in [6, 6.07) is 17.2. The van der Waals surface area contributed by atoms with E-state index >= 15 is 0 Å². The molecule has 1 amide bonds. The third-order valence-electron chi connectivity index (χ3n) is 4.56. The first kappa shape index (κ1) is 21.6. The van der Waals surface area contributed by atoms with Crippen molar-refractivity contribution in [1.29, 1.82) is 0 Å². The molecule has 1 atom stereocenters. The van der Waals surface area contributed by atoms with Gasteiger partial charge in [0.25, 0.3) is 5.91 Å². The van der Waals surface area contributed by atoms with Crippen LogP contribution >= 0.6 is 15.9 Å². The number of nitrogens with one attached hydrogen (secondary N) is 1. The van der Waals surface area contributed by atoms with Gasteiger partial charge in [-0.2, -0.15) is 5.10 Å². The molecule has 7 heteroatoms. The van der Waals surface area contributed by atoms with Crippen molar-refractivity contribution < 1.29 is 19.0 Å². The van der Waals surface area contributed by atoms with Gasteiger partial charge in [0.1, 0.15) is 5.75 Å². The molecule has 1 N–H and O–H groups in total. The second kappa shape index (κ2) is 10.1. The van der Waals surface area contributed by atoms with Gasteiger partial charge in [-0.1, -0.05) is 37.3 Å². The van der Waals surface area contributed by atoms with Gasteiger partial charge in [-0.3, -0.25) is 4.79 Å². The summed E-state index contributed by atoms with van der Waals surface area (Å²) in [5, 5.41) is 6.16. The van der Waals surface area contributed by atoms with Crippen LogP contribution < -0.4 is 19.6 Å². The molecule has 3 rings (SSSR count). The van der Waals surface area contributed by atoms with Crippen LogP contribution in [0.25, 0.3) is 10.8 Å². The number of methoxy groups -OCH3 is 2. The van der Waals surface area contributed by atoms with Gasteiger partial charge in [0.05, 0.1) is 24.9 Å². The monoisotopic (exact) mass is 470 g/mol. The standard InChI is InChI=1S/C23H23BrN2O4/c1-4-18(30-20-12-10-16-7-5-6-8-17(16)22(20)24)23(27)26-25-14-15-9-11-19(28-2)21(13-15)29-3/h5-14,18H,4H2,1-3H3,(H,26,27)/b25-14+. The van der Waals surface area contributed by atoms with Crippen molar-refractivity contribution in [3.05, 3.63) is 64.6 Å². The molecule has 156 valence electrons. The minimum atomic E-state index is -0.676. The van der Waals surface area contributed by atoms with Gasteiger partial charge in [-0.15, -0.1) is 0 Å². The highest BCUT2D eigenvalue weighted by atomic mass is 79.9. The van der Waals surface area contributed by atoms with Crippen LogP contribution in [0.1, 0.15) is 18.9 Å². The number of hydrogen-bond acceptors (Lipinski definition) is 5. The lowest BCUT2D eigenvalue weighted by atomic mass is 10.1. The van der Waals surface area contributed by atoms with Crippen molar-refractivity contribution in [1.82, 2.24) is 5.43 Å². The summed E-state index contributed by atoms with van der Waals surface area (Å²) in [7, 11) is 3.14. The number of hydrazone groups is 1. The van der Waals surface area contributed by atoms with Gasteiger partial charge >= 0.3 is 0 Å². The quantitative estimate of drug-likeness (QED) is 0.374. The number of benzene rings is 3. The van der Waals surface area contributed by atoms with Crippen LogP contribution in [-0.4, -0.2) is 32.4 Å². The van der Waals surface area contributed by atoms with Crippen LogP contribution in [0.4, 0.5) is 0 Å². The zero-order valence-electron chi connectivity index (χ0n) is 17.0. The van der Waals surface area contributed by atoms with Crippen LogP contribution in [0.15, 0.2) is 64.2 Å². The first-order valence-corrected chi connectivity index (χ1v) is 10.3. The maximum atomic E-state index is 12.6. The first-order chi connectivity index (χ1) is 14.6. The molecule has 0 radical (unpaired) electrons. The number of fused-ring (bicyclic) bond motifs is 1. The van der Waals surface area contributed by atoms with Gasteiger partial charge in [-0.25, -0.2) is 5.43 Å². The summed E-state index contributed by atoms with van der Waals surface area (Å²) in [5.41, 5.74) is 3.31. The van der Waals surface area contributed by atoms with Gasteiger partial charge in [-0.05, 0) is 63.0 Å². The SMILES string of the molecule is CCC(Oc1ccc2ccccc2c1Br)C(=O)N/N=C/c1ccc(OC)c(OC)c1. The molecule has 3 aromatic rings. The van der Waals surface area contributed by atoms with Gasteiger partial charge in [0.2, 0.25) is 0 Å². The summed E-state index contributed by atoms with van der Waals surface area (Å²) in [6.45, 7) is 1.89. The molecule has 0 spiro atoms. The number of hydrogen-bond donors (Lipinski definition) is 1. The average Bonchev–Trinajstić information content (AvgIpc) is 2.78. The molecule has 0 aliphatic rings. The summed E-state index contributed by atoms with van der Waals surface area (Å²) < 4.78 is 17.3. The van der Waals surface area contributed by atoms with Crippen LogP contribution in [0.5, 0.6) is 17.2 Å². The Morgan fingerprint density at radius 2 is 1.80 bits per heavy atom. The Balaban J connectivity index is 1.68. The fourth-order valence-electron chi connectivity index (χ4n) is 2.96. The lowest BCUT2D eigenvalue weighted by Crippen LogP contribution is -2.35. The number of halogens is 1. The highest BCUT2D eigenvalue weighted by Crippen LogP contribution is 2.34. The Morgan fingerprint density at radius 3 is 2.53 bits per heavy atom. The molecular weight excluding hydrogens is 448 g/mol. The van der Waals surface area contributed by atoms with Crippen molar-refractivity contribution in [2.24, 2.45) is 5.10 Å². The molecule has 0 heterocycles. The van der Waals surface area contributed by atoms with Gasteiger partial charge < -0.3 is 14.2 Å². The van der Waals surface area contributed by atoms with Crippen LogP contribution in [0.3, 0.4) is 0 Å². The summed E-state index contributed by atoms with van der Waals surface area (Å²) in [5.74, 6) is 1.50. The van der Waals surface area contributed by atoms with Gasteiger partial charge in [0, 0.05) is 0 Å². The molecule has 0 aliphatic heterocycles. The van der Waals surface area contributed by atoms with Crippen molar-refractivity contribution in [3.63, 3.8) is 0 Å². The number of ether oxygens (including phenoxy) is 3. The van der Waals surface area contributed by atoms with E-state index in [4.69, 9.17) is 14.2 Å². The normalized spacial score (nSPS) is 12.0. The number of carbonyl (C=O) groups excluding carboxylic acids is 1. The molecular formula is C23H23BrN2O4. The Morgan fingerprint density at radius 1 is 1.07 bits per heavy atom. The highest BCUT2D eigenvalue weighted by molar-refractivity contribution is 9.10. The number of amides is 1. The molecule has 1 unspecified atom stereocenters. The lowest BCUT2D eigenvalue weighted by molar-refractivity contribution is -0.128. The van der Waals surface area contributed by atoms with E-state index in [9.17, 15) is 4.79 Å². The predicted molar refractivity (Wildman–Crippen MR) is 122 cm³/mol. The number of rotatable bonds is 8. The molecule has 0 fully saturated rings. The average molecular weight is 471 g/mol. The van der Waals surface area contributed by atoms with Crippen LogP contribution in [-0.2, 0) is 4.79 Å². The summed E-state index contributed by atoms with van der Waals surface area (Å²) in [6.07, 6.45) is 1.36. The molecule has 6 nitrogen and oxygen atoms in total. The maximum absolute atomic E-state index is 12.6. The van der Waals surface area contributed by atoms with Crippen LogP contribution in [0, 0.1) is 0 Å². The second-order valence-corrected chi connectivity index (χ2v) is 7.26. The molecule has 0 bridgehead atoms. The van der Waals surface area contributed by atoms with Crippen molar-refractivity contribution in [2.75, 3.05) is 14.2 Å². The van der Waals surface area contributed by atoms with Crippen LogP contribution in [0.2, 0.25) is 0 Å². The topological polar surface area (TPSA) is 69.2 Å². The lowest BCUT2D eigenvalue weighted by Gasteiger charge is -2.17. The van der Waals surface area contributed by atoms with Gasteiger partial charge in [0.15, 0.2) is 17.6 Å². The van der Waals surface area contributed by atoms with E-state index in [1.165, 1.54) is 0 Å². The van der Waals surface area contributed by atoms with E-state index in [0.29, 0.717) is 23.7 Å². The molecule has 0 saturated carbocycles. The Bertz CT molecular complexity index is 1070. The highest BCUT2D eigenvalue weighted by Gasteiger charge is 2.19. The predicted octanol–water partition coefficient (Wildman–Crippen LogP) is 4.93. The van der Waals surface area contributed by atoms with Crippen molar-refractivity contribution in [3.8, 4) is 17.2 Å². The van der Waals surface area contributed by atoms with E-state index < -0.39 is 6.10 Å². The first-order valence-electron chi connectivity index (χ1n) is 9.46. The smallest absolute Gasteiger partial charge is 0.281 e. The Labute approximate surface area is 184 Å². The largest absolute Gasteiger partial charge is 0.493 e. The molecule has 0 aromatic heterocycles. The Kier molecular flexibility index (Phi) is 7.30. The summed E-state index contributed by atoms with van der Waals surface area (Å²) in [4.78, 5) is 12.6. The number of carbonyl (C=O) groups is 1. The third kappa shape index (κ3) is 4.91. The zero-order chi connectivity index (χ0) is 21.5. The minimum absolute atomic E-state index is 0.325. The number of nitrogens with zero attached hydrogens (tertiary/aromatic N) is 1. The van der Waals surface area contributed by atoms with E-state index in [0.717, 1.165) is 20.8 Å². The van der Waals surface area contributed by atoms with Crippen molar-refractivity contribution in [2.45, 2.75) is 19.4 Å². The fourth-order valence-corrected chi connectivity index (χ4v) is 3.54. The minimum Gasteiger partial charge on any atom is -0.493 e. The molecule has 3 aromatic carbocycles. The molecule has 30 heavy (non-hydrogen) atoms. The Hall–Kier alpha value is -3.06. The van der Waals surface area contributed by atoms with E-state index in [1.807, 2.05) is 49.4 Å². The van der Waals surface area contributed by atoms with E-state index in [-0.39, 0.29) is 5.91 Å². The summed E-state index contributed by atoms with van der Waals surface area (Å²) >= 11 is 3.59. The van der Waals surface area contributed by atoms with E-state index in [2.05, 4.69) is 26.5 Å². The molecule has 0 aliphatic carbocycles. The van der Waals surface area contributed by atoms with E-state index in [1.54, 1.807) is 32.6 Å². The third-order valence-corrected chi connectivity index (χ3v) is 5.37.